The molecule has 0 radical (unpaired) electrons. The Labute approximate surface area is 226 Å². The average Bonchev–Trinajstić information content (AvgIpc) is 3.58. The summed E-state index contributed by atoms with van der Waals surface area (Å²) in [5.74, 6) is 0.854. The maximum atomic E-state index is 12.8. The number of halogens is 2. The normalized spacial score (nSPS) is 19.4. The summed E-state index contributed by atoms with van der Waals surface area (Å²) in [5, 5.41) is 4.03. The smallest absolute Gasteiger partial charge is 0.257 e. The molecule has 0 spiro atoms. The molecule has 3 aromatic heterocycles. The van der Waals surface area contributed by atoms with E-state index >= 15 is 0 Å². The minimum atomic E-state index is -0.311. The number of anilines is 2. The summed E-state index contributed by atoms with van der Waals surface area (Å²) in [5.41, 5.74) is 8.40. The fraction of sp³-hybridized carbons (Fsp3) is 0.320. The van der Waals surface area contributed by atoms with E-state index in [-0.39, 0.29) is 23.6 Å². The Balaban J connectivity index is 1.39. The van der Waals surface area contributed by atoms with Crippen molar-refractivity contribution < 1.29 is 9.59 Å². The van der Waals surface area contributed by atoms with Gasteiger partial charge < -0.3 is 10.6 Å². The first-order valence-corrected chi connectivity index (χ1v) is 13.5. The van der Waals surface area contributed by atoms with E-state index in [1.165, 1.54) is 17.5 Å². The van der Waals surface area contributed by atoms with E-state index in [9.17, 15) is 9.59 Å². The number of benzene rings is 1. The van der Waals surface area contributed by atoms with Crippen molar-refractivity contribution in [1.29, 1.82) is 0 Å². The zero-order valence-corrected chi connectivity index (χ0v) is 22.2. The third-order valence-electron chi connectivity index (χ3n) is 7.08. The molecular weight excluding hydrogens is 533 g/mol. The van der Waals surface area contributed by atoms with Gasteiger partial charge in [-0.25, -0.2) is 15.0 Å². The molecule has 0 aliphatic carbocycles. The van der Waals surface area contributed by atoms with Gasteiger partial charge in [0.15, 0.2) is 5.13 Å². The van der Waals surface area contributed by atoms with Crippen LogP contribution in [0.3, 0.4) is 0 Å². The number of amides is 2. The third kappa shape index (κ3) is 4.22. The number of aromatic nitrogens is 4. The van der Waals surface area contributed by atoms with Crippen LogP contribution in [0.2, 0.25) is 10.2 Å². The second-order valence-electron chi connectivity index (χ2n) is 9.41. The number of hydrogen-bond acceptors (Lipinski definition) is 7. The van der Waals surface area contributed by atoms with Crippen molar-refractivity contribution >= 4 is 62.8 Å². The molecular formula is C25H23Cl2N7O2S. The van der Waals surface area contributed by atoms with Crippen LogP contribution in [0, 0.1) is 6.92 Å². The minimum Gasteiger partial charge on any atom is -0.382 e. The number of thiazole rings is 1. The summed E-state index contributed by atoms with van der Waals surface area (Å²) in [6.07, 6.45) is 6.51. The molecule has 2 aliphatic heterocycles. The molecule has 3 N–H and O–H groups in total. The van der Waals surface area contributed by atoms with Crippen LogP contribution >= 0.6 is 34.5 Å². The van der Waals surface area contributed by atoms with Crippen LogP contribution in [-0.4, -0.2) is 48.7 Å². The highest BCUT2D eigenvalue weighted by molar-refractivity contribution is 7.15. The van der Waals surface area contributed by atoms with Crippen molar-refractivity contribution in [3.63, 3.8) is 0 Å². The highest BCUT2D eigenvalue weighted by Crippen LogP contribution is 2.40. The molecule has 2 aliphatic rings. The number of carbonyl (C=O) groups excluding carboxylic acids is 2. The maximum Gasteiger partial charge on any atom is 0.257 e. The quantitative estimate of drug-likeness (QED) is 0.358. The number of aryl methyl sites for hydroxylation is 1. The average molecular weight is 556 g/mol. The summed E-state index contributed by atoms with van der Waals surface area (Å²) >= 11 is 14.7. The standard InChI is InChI=1S/C25H23Cl2N7O2S/c1-12-9-30-25(37-12)32-24(36)13-3-6-16(17(26)8-13)20-21-22(28)29-10-18(27)34(21)23(31-20)14-2-4-15-5-7-19(35)33(15)11-14/h3,6,8-10,14-15H,2,4-5,7,11H2,1H3,(H2,28,29)(H,30,32,36). The van der Waals surface area contributed by atoms with Crippen LogP contribution in [0.15, 0.2) is 30.6 Å². The molecule has 37 heavy (non-hydrogen) atoms. The number of imidazole rings is 1. The highest BCUT2D eigenvalue weighted by atomic mass is 35.5. The second-order valence-corrected chi connectivity index (χ2v) is 11.4. The number of hydrogen-bond donors (Lipinski definition) is 2. The topological polar surface area (TPSA) is 119 Å². The largest absolute Gasteiger partial charge is 0.382 e. The van der Waals surface area contributed by atoms with Gasteiger partial charge in [0.2, 0.25) is 5.91 Å². The number of fused-ring (bicyclic) bond motifs is 2. The minimum absolute atomic E-state index is 0.00979. The molecule has 9 nitrogen and oxygen atoms in total. The Morgan fingerprint density at radius 3 is 2.78 bits per heavy atom. The summed E-state index contributed by atoms with van der Waals surface area (Å²) in [6.45, 7) is 2.51. The molecule has 190 valence electrons. The first-order chi connectivity index (χ1) is 17.8. The lowest BCUT2D eigenvalue weighted by Crippen LogP contribution is -2.41. The second kappa shape index (κ2) is 9.27. The number of carbonyl (C=O) groups is 2. The monoisotopic (exact) mass is 555 g/mol. The van der Waals surface area contributed by atoms with Gasteiger partial charge in [-0.2, -0.15) is 0 Å². The van der Waals surface area contributed by atoms with Crippen molar-refractivity contribution in [3.8, 4) is 11.3 Å². The van der Waals surface area contributed by atoms with Gasteiger partial charge in [0.1, 0.15) is 28.0 Å². The number of nitrogens with two attached hydrogens (primary N) is 1. The van der Waals surface area contributed by atoms with Gasteiger partial charge in [-0.3, -0.25) is 19.3 Å². The van der Waals surface area contributed by atoms with E-state index in [1.807, 2.05) is 16.2 Å². The molecule has 2 atom stereocenters. The molecule has 2 fully saturated rings. The first kappa shape index (κ1) is 24.1. The van der Waals surface area contributed by atoms with Crippen molar-refractivity contribution in [3.05, 3.63) is 57.0 Å². The van der Waals surface area contributed by atoms with Crippen LogP contribution in [0.1, 0.15) is 52.7 Å². The summed E-state index contributed by atoms with van der Waals surface area (Å²) in [4.78, 5) is 41.6. The number of piperidine rings is 1. The third-order valence-corrected chi connectivity index (χ3v) is 8.49. The molecule has 0 saturated carbocycles. The van der Waals surface area contributed by atoms with E-state index < -0.39 is 0 Å². The Hall–Kier alpha value is -3.21. The van der Waals surface area contributed by atoms with Gasteiger partial charge in [0.05, 0.1) is 11.2 Å². The Bertz CT molecular complexity index is 1570. The van der Waals surface area contributed by atoms with Gasteiger partial charge in [0.25, 0.3) is 5.91 Å². The molecule has 2 saturated heterocycles. The van der Waals surface area contributed by atoms with Gasteiger partial charge in [-0.15, -0.1) is 11.3 Å². The molecule has 12 heteroatoms. The van der Waals surface area contributed by atoms with Crippen LogP contribution in [-0.2, 0) is 4.79 Å². The van der Waals surface area contributed by atoms with Crippen LogP contribution in [0.25, 0.3) is 16.8 Å². The Morgan fingerprint density at radius 1 is 1.19 bits per heavy atom. The van der Waals surface area contributed by atoms with Crippen molar-refractivity contribution in [1.82, 2.24) is 24.3 Å². The first-order valence-electron chi connectivity index (χ1n) is 12.0. The lowest BCUT2D eigenvalue weighted by Gasteiger charge is -2.34. The summed E-state index contributed by atoms with van der Waals surface area (Å²) in [7, 11) is 0. The van der Waals surface area contributed by atoms with E-state index in [0.717, 1.165) is 30.0 Å². The maximum absolute atomic E-state index is 12.8. The molecule has 5 heterocycles. The molecule has 2 amide bonds. The number of rotatable bonds is 4. The van der Waals surface area contributed by atoms with E-state index in [0.29, 0.717) is 56.7 Å². The fourth-order valence-electron chi connectivity index (χ4n) is 5.30. The van der Waals surface area contributed by atoms with Gasteiger partial charge in [0, 0.05) is 47.1 Å². The zero-order valence-electron chi connectivity index (χ0n) is 19.9. The van der Waals surface area contributed by atoms with E-state index in [4.69, 9.17) is 33.9 Å². The molecule has 0 bridgehead atoms. The van der Waals surface area contributed by atoms with E-state index in [2.05, 4.69) is 15.3 Å². The summed E-state index contributed by atoms with van der Waals surface area (Å²) < 4.78 is 1.81. The van der Waals surface area contributed by atoms with Crippen molar-refractivity contribution in [2.75, 3.05) is 17.6 Å². The number of nitrogens with zero attached hydrogens (tertiary/aromatic N) is 5. The summed E-state index contributed by atoms with van der Waals surface area (Å²) in [6, 6.07) is 5.33. The van der Waals surface area contributed by atoms with Crippen molar-refractivity contribution in [2.24, 2.45) is 0 Å². The van der Waals surface area contributed by atoms with Crippen molar-refractivity contribution in [2.45, 2.75) is 44.6 Å². The fourth-order valence-corrected chi connectivity index (χ4v) is 6.45. The molecule has 4 aromatic rings. The Kier molecular flexibility index (Phi) is 6.05. The lowest BCUT2D eigenvalue weighted by atomic mass is 9.92. The van der Waals surface area contributed by atoms with Gasteiger partial charge in [-0.05, 0) is 38.3 Å². The Morgan fingerprint density at radius 2 is 2.03 bits per heavy atom. The van der Waals surface area contributed by atoms with Crippen LogP contribution in [0.4, 0.5) is 10.9 Å². The van der Waals surface area contributed by atoms with Crippen LogP contribution in [0.5, 0.6) is 0 Å². The number of nitrogen functional groups attached to an aromatic ring is 1. The van der Waals surface area contributed by atoms with Gasteiger partial charge >= 0.3 is 0 Å². The predicted octanol–water partition coefficient (Wildman–Crippen LogP) is 5.17. The molecule has 2 unspecified atom stereocenters. The molecule has 1 aromatic carbocycles. The SMILES string of the molecule is Cc1cnc(NC(=O)c2ccc(-c3nc(C4CCC5CCC(=O)N5C4)n4c(Cl)cnc(N)c34)c(Cl)c2)s1. The predicted molar refractivity (Wildman–Crippen MR) is 144 cm³/mol. The van der Waals surface area contributed by atoms with E-state index in [1.54, 1.807) is 24.4 Å². The highest BCUT2D eigenvalue weighted by Gasteiger charge is 2.38. The molecule has 6 rings (SSSR count). The number of nitrogens with one attached hydrogen (secondary N) is 1. The zero-order chi connectivity index (χ0) is 25.8. The lowest BCUT2D eigenvalue weighted by molar-refractivity contribution is -0.130. The van der Waals surface area contributed by atoms with Crippen LogP contribution < -0.4 is 11.1 Å². The van der Waals surface area contributed by atoms with Gasteiger partial charge in [-0.1, -0.05) is 29.3 Å².